The second-order valence-electron chi connectivity index (χ2n) is 4.81. The van der Waals surface area contributed by atoms with Gasteiger partial charge in [0.15, 0.2) is 16.6 Å². The van der Waals surface area contributed by atoms with Gasteiger partial charge in [0.1, 0.15) is 0 Å². The molecule has 0 aliphatic carbocycles. The lowest BCUT2D eigenvalue weighted by molar-refractivity contribution is 0.355. The summed E-state index contributed by atoms with van der Waals surface area (Å²) in [5, 5.41) is 7.61. The molecule has 2 N–H and O–H groups in total. The molecule has 0 saturated carbocycles. The van der Waals surface area contributed by atoms with Gasteiger partial charge in [-0.3, -0.25) is 5.43 Å². The summed E-state index contributed by atoms with van der Waals surface area (Å²) in [7, 11) is 3.19. The predicted molar refractivity (Wildman–Crippen MR) is 97.7 cm³/mol. The zero-order chi connectivity index (χ0) is 16.7. The fourth-order valence-electron chi connectivity index (χ4n) is 1.98. The number of nitrogens with zero attached hydrogens (tertiary/aromatic N) is 1. The molecule has 6 heteroatoms. The van der Waals surface area contributed by atoms with Crippen LogP contribution >= 0.6 is 12.2 Å². The summed E-state index contributed by atoms with van der Waals surface area (Å²) in [6, 6.07) is 13.5. The van der Waals surface area contributed by atoms with Gasteiger partial charge < -0.3 is 14.8 Å². The van der Waals surface area contributed by atoms with Crippen LogP contribution in [0, 0.1) is 6.92 Å². The van der Waals surface area contributed by atoms with Crippen molar-refractivity contribution in [3.8, 4) is 11.5 Å². The molecule has 0 unspecified atom stereocenters. The highest BCUT2D eigenvalue weighted by Gasteiger charge is 2.03. The lowest BCUT2D eigenvalue weighted by Gasteiger charge is -2.08. The Bertz CT molecular complexity index is 717. The second-order valence-corrected chi connectivity index (χ2v) is 5.22. The van der Waals surface area contributed by atoms with Gasteiger partial charge in [0, 0.05) is 5.69 Å². The van der Waals surface area contributed by atoms with Gasteiger partial charge in [-0.25, -0.2) is 0 Å². The van der Waals surface area contributed by atoms with Crippen molar-refractivity contribution >= 4 is 29.2 Å². The number of thiocarbonyl (C=S) groups is 1. The third-order valence-electron chi connectivity index (χ3n) is 3.06. The highest BCUT2D eigenvalue weighted by atomic mass is 32.1. The van der Waals surface area contributed by atoms with Gasteiger partial charge >= 0.3 is 0 Å². The maximum Gasteiger partial charge on any atom is 0.191 e. The van der Waals surface area contributed by atoms with E-state index in [1.54, 1.807) is 20.4 Å². The highest BCUT2D eigenvalue weighted by molar-refractivity contribution is 7.80. The first-order valence-electron chi connectivity index (χ1n) is 7.01. The first kappa shape index (κ1) is 16.8. The molecular weight excluding hydrogens is 310 g/mol. The van der Waals surface area contributed by atoms with Crippen molar-refractivity contribution in [2.75, 3.05) is 19.5 Å². The van der Waals surface area contributed by atoms with E-state index in [1.165, 1.54) is 0 Å². The fraction of sp³-hybridized carbons (Fsp3) is 0.176. The molecule has 0 aliphatic rings. The summed E-state index contributed by atoms with van der Waals surface area (Å²) in [5.41, 5.74) is 5.73. The number of aryl methyl sites for hydroxylation is 1. The SMILES string of the molecule is COc1ccc(C=NNC(=S)Nc2cccc(C)c2)cc1OC. The van der Waals surface area contributed by atoms with Gasteiger partial charge in [-0.1, -0.05) is 12.1 Å². The third-order valence-corrected chi connectivity index (χ3v) is 3.26. The van der Waals surface area contributed by atoms with Gasteiger partial charge in [0.2, 0.25) is 0 Å². The Hall–Kier alpha value is -2.60. The molecule has 0 spiro atoms. The molecular formula is C17H19N3O2S. The number of hydrazone groups is 1. The molecule has 0 aromatic heterocycles. The first-order chi connectivity index (χ1) is 11.1. The van der Waals surface area contributed by atoms with Crippen LogP contribution in [0.15, 0.2) is 47.6 Å². The number of hydrogen-bond acceptors (Lipinski definition) is 4. The molecule has 0 fully saturated rings. The molecule has 23 heavy (non-hydrogen) atoms. The molecule has 0 heterocycles. The largest absolute Gasteiger partial charge is 0.493 e. The first-order valence-corrected chi connectivity index (χ1v) is 7.42. The zero-order valence-corrected chi connectivity index (χ0v) is 14.1. The van der Waals surface area contributed by atoms with Crippen LogP contribution in [0.1, 0.15) is 11.1 Å². The van der Waals surface area contributed by atoms with Crippen molar-refractivity contribution in [1.29, 1.82) is 0 Å². The van der Waals surface area contributed by atoms with E-state index in [0.717, 1.165) is 16.8 Å². The van der Waals surface area contributed by atoms with Gasteiger partial charge in [0.05, 0.1) is 20.4 Å². The van der Waals surface area contributed by atoms with Gasteiger partial charge in [-0.05, 0) is 60.6 Å². The second kappa shape index (κ2) is 8.14. The molecule has 0 saturated heterocycles. The Morgan fingerprint density at radius 3 is 2.57 bits per heavy atom. The Morgan fingerprint density at radius 1 is 1.09 bits per heavy atom. The predicted octanol–water partition coefficient (Wildman–Crippen LogP) is 3.33. The Kier molecular flexibility index (Phi) is 5.94. The van der Waals surface area contributed by atoms with Crippen molar-refractivity contribution in [2.45, 2.75) is 6.92 Å². The normalized spacial score (nSPS) is 10.4. The zero-order valence-electron chi connectivity index (χ0n) is 13.3. The van der Waals surface area contributed by atoms with Gasteiger partial charge in [-0.2, -0.15) is 5.10 Å². The number of benzene rings is 2. The number of methoxy groups -OCH3 is 2. The smallest absolute Gasteiger partial charge is 0.191 e. The summed E-state index contributed by atoms with van der Waals surface area (Å²) < 4.78 is 10.4. The summed E-state index contributed by atoms with van der Waals surface area (Å²) in [6.45, 7) is 2.02. The monoisotopic (exact) mass is 329 g/mol. The van der Waals surface area contributed by atoms with Crippen LogP contribution < -0.4 is 20.2 Å². The Balaban J connectivity index is 1.94. The van der Waals surface area contributed by atoms with E-state index in [0.29, 0.717) is 16.6 Å². The average molecular weight is 329 g/mol. The highest BCUT2D eigenvalue weighted by Crippen LogP contribution is 2.26. The Labute approximate surface area is 141 Å². The average Bonchev–Trinajstić information content (AvgIpc) is 2.54. The molecule has 2 aromatic rings. The number of nitrogens with one attached hydrogen (secondary N) is 2. The van der Waals surface area contributed by atoms with E-state index >= 15 is 0 Å². The minimum atomic E-state index is 0.423. The van der Waals surface area contributed by atoms with Crippen molar-refractivity contribution in [3.63, 3.8) is 0 Å². The molecule has 5 nitrogen and oxygen atoms in total. The van der Waals surface area contributed by atoms with Crippen molar-refractivity contribution in [2.24, 2.45) is 5.10 Å². The van der Waals surface area contributed by atoms with E-state index in [9.17, 15) is 0 Å². The number of anilines is 1. The lowest BCUT2D eigenvalue weighted by atomic mass is 10.2. The fourth-order valence-corrected chi connectivity index (χ4v) is 2.15. The summed E-state index contributed by atoms with van der Waals surface area (Å²) in [4.78, 5) is 0. The molecule has 2 rings (SSSR count). The maximum atomic E-state index is 5.25. The van der Waals surface area contributed by atoms with Crippen LogP contribution in [0.4, 0.5) is 5.69 Å². The van der Waals surface area contributed by atoms with Crippen LogP contribution in [0.3, 0.4) is 0 Å². The molecule has 2 aromatic carbocycles. The lowest BCUT2D eigenvalue weighted by Crippen LogP contribution is -2.23. The Morgan fingerprint density at radius 2 is 1.87 bits per heavy atom. The van der Waals surface area contributed by atoms with Crippen molar-refractivity contribution in [1.82, 2.24) is 5.43 Å². The van der Waals surface area contributed by atoms with Crippen molar-refractivity contribution in [3.05, 3.63) is 53.6 Å². The van der Waals surface area contributed by atoms with E-state index in [2.05, 4.69) is 15.8 Å². The molecule has 0 atom stereocenters. The van der Waals surface area contributed by atoms with Crippen LogP contribution in [0.2, 0.25) is 0 Å². The van der Waals surface area contributed by atoms with Crippen LogP contribution in [0.5, 0.6) is 11.5 Å². The van der Waals surface area contributed by atoms with Gasteiger partial charge in [0.25, 0.3) is 0 Å². The molecule has 120 valence electrons. The minimum absolute atomic E-state index is 0.423. The molecule has 0 aliphatic heterocycles. The number of ether oxygens (including phenoxy) is 2. The number of rotatable bonds is 5. The minimum Gasteiger partial charge on any atom is -0.493 e. The number of hydrogen-bond donors (Lipinski definition) is 2. The molecule has 0 radical (unpaired) electrons. The summed E-state index contributed by atoms with van der Waals surface area (Å²) >= 11 is 5.20. The summed E-state index contributed by atoms with van der Waals surface area (Å²) in [6.07, 6.45) is 1.66. The molecule has 0 amide bonds. The van der Waals surface area contributed by atoms with Crippen LogP contribution in [-0.4, -0.2) is 25.5 Å². The standard InChI is InChI=1S/C17H19N3O2S/c1-12-5-4-6-14(9-12)19-17(23)20-18-11-13-7-8-15(21-2)16(10-13)22-3/h4-11H,1-3H3,(H2,19,20,23). The van der Waals surface area contributed by atoms with E-state index in [1.807, 2.05) is 49.4 Å². The van der Waals surface area contributed by atoms with Gasteiger partial charge in [-0.15, -0.1) is 0 Å². The van der Waals surface area contributed by atoms with E-state index in [4.69, 9.17) is 21.7 Å². The third kappa shape index (κ3) is 4.96. The topological polar surface area (TPSA) is 54.9 Å². The van der Waals surface area contributed by atoms with Crippen LogP contribution in [-0.2, 0) is 0 Å². The van der Waals surface area contributed by atoms with E-state index < -0.39 is 0 Å². The van der Waals surface area contributed by atoms with Crippen molar-refractivity contribution < 1.29 is 9.47 Å². The molecule has 0 bridgehead atoms. The van der Waals surface area contributed by atoms with Crippen LogP contribution in [0.25, 0.3) is 0 Å². The maximum absolute atomic E-state index is 5.25. The summed E-state index contributed by atoms with van der Waals surface area (Å²) in [5.74, 6) is 1.33. The van der Waals surface area contributed by atoms with E-state index in [-0.39, 0.29) is 0 Å². The quantitative estimate of drug-likeness (QED) is 0.501.